The first-order valence-electron chi connectivity index (χ1n) is 12.5. The molecule has 0 saturated carbocycles. The van der Waals surface area contributed by atoms with Crippen molar-refractivity contribution >= 4 is 32.6 Å². The lowest BCUT2D eigenvalue weighted by molar-refractivity contribution is -0.125. The van der Waals surface area contributed by atoms with Crippen molar-refractivity contribution in [1.29, 1.82) is 0 Å². The van der Waals surface area contributed by atoms with Gasteiger partial charge in [-0.1, -0.05) is 48.6 Å². The monoisotopic (exact) mass is 480 g/mol. The van der Waals surface area contributed by atoms with Gasteiger partial charge in [0.15, 0.2) is 5.13 Å². The fourth-order valence-electron chi connectivity index (χ4n) is 4.50. The van der Waals surface area contributed by atoms with Gasteiger partial charge in [0.25, 0.3) is 0 Å². The van der Waals surface area contributed by atoms with Crippen LogP contribution in [0.5, 0.6) is 5.75 Å². The number of nitrogens with one attached hydrogen (secondary N) is 1. The Bertz CT molecular complexity index is 1060. The van der Waals surface area contributed by atoms with E-state index in [0.717, 1.165) is 79.6 Å². The second-order valence-corrected chi connectivity index (χ2v) is 9.85. The Morgan fingerprint density at radius 2 is 2.09 bits per heavy atom. The Balaban J connectivity index is 1.25. The number of nitrogens with zero attached hydrogens (tertiary/aromatic N) is 3. The molecule has 1 aromatic heterocycles. The van der Waals surface area contributed by atoms with Gasteiger partial charge in [0.2, 0.25) is 5.91 Å². The predicted octanol–water partition coefficient (Wildman–Crippen LogP) is 4.94. The molecule has 0 unspecified atom stereocenters. The van der Waals surface area contributed by atoms with Gasteiger partial charge in [-0.3, -0.25) is 9.69 Å². The van der Waals surface area contributed by atoms with E-state index in [1.54, 1.807) is 11.3 Å². The summed E-state index contributed by atoms with van der Waals surface area (Å²) in [4.78, 5) is 22.4. The number of ether oxygens (including phenoxy) is 1. The second kappa shape index (κ2) is 12.2. The molecular weight excluding hydrogens is 444 g/mol. The van der Waals surface area contributed by atoms with Crippen LogP contribution in [0, 0.1) is 5.92 Å². The minimum atomic E-state index is 0.0198. The zero-order valence-electron chi connectivity index (χ0n) is 20.3. The number of carbonyl (C=O) groups is 1. The summed E-state index contributed by atoms with van der Waals surface area (Å²) >= 11 is 1.68. The third-order valence-electron chi connectivity index (χ3n) is 6.37. The lowest BCUT2D eigenvalue weighted by Crippen LogP contribution is -2.43. The summed E-state index contributed by atoms with van der Waals surface area (Å²) in [6.45, 7) is 10.2. The number of aromatic nitrogens is 1. The van der Waals surface area contributed by atoms with Gasteiger partial charge in [-0.05, 0) is 56.5 Å². The fraction of sp³-hybridized carbons (Fsp3) is 0.481. The average molecular weight is 481 g/mol. The van der Waals surface area contributed by atoms with Crippen molar-refractivity contribution in [3.05, 3.63) is 54.1 Å². The number of amides is 1. The number of benzene rings is 2. The van der Waals surface area contributed by atoms with Gasteiger partial charge >= 0.3 is 0 Å². The molecule has 1 N–H and O–H groups in total. The van der Waals surface area contributed by atoms with E-state index in [1.165, 1.54) is 5.56 Å². The van der Waals surface area contributed by atoms with Crippen molar-refractivity contribution in [2.75, 3.05) is 44.2 Å². The molecule has 34 heavy (non-hydrogen) atoms. The number of fused-ring (bicyclic) bond motifs is 1. The Morgan fingerprint density at radius 1 is 1.24 bits per heavy atom. The molecule has 182 valence electrons. The van der Waals surface area contributed by atoms with Gasteiger partial charge in [0.1, 0.15) is 5.75 Å². The molecule has 7 heteroatoms. The second-order valence-electron chi connectivity index (χ2n) is 8.84. The van der Waals surface area contributed by atoms with Crippen LogP contribution in [0.4, 0.5) is 5.13 Å². The lowest BCUT2D eigenvalue weighted by atomic mass is 9.97. The number of anilines is 1. The Kier molecular flexibility index (Phi) is 8.77. The number of rotatable bonds is 11. The molecule has 4 rings (SSSR count). The molecule has 1 fully saturated rings. The van der Waals surface area contributed by atoms with Gasteiger partial charge in [-0.15, -0.1) is 0 Å². The summed E-state index contributed by atoms with van der Waals surface area (Å²) in [7, 11) is 0. The van der Waals surface area contributed by atoms with Gasteiger partial charge < -0.3 is 15.0 Å². The highest BCUT2D eigenvalue weighted by molar-refractivity contribution is 7.22. The molecule has 1 amide bonds. The normalized spacial score (nSPS) is 16.2. The highest BCUT2D eigenvalue weighted by Crippen LogP contribution is 2.33. The largest absolute Gasteiger partial charge is 0.494 e. The number of hydrogen-bond acceptors (Lipinski definition) is 6. The quantitative estimate of drug-likeness (QED) is 0.394. The SMILES string of the molecule is CCOc1ccc2nc(N3CCC[C@H](C(=O)NCCCN(CC)Cc4ccccc4)C3)sc2c1. The molecule has 0 radical (unpaired) electrons. The molecular formula is C27H36N4O2S. The molecule has 1 aliphatic rings. The summed E-state index contributed by atoms with van der Waals surface area (Å²) in [5, 5.41) is 4.19. The van der Waals surface area contributed by atoms with Crippen molar-refractivity contribution < 1.29 is 9.53 Å². The zero-order valence-corrected chi connectivity index (χ0v) is 21.2. The Morgan fingerprint density at radius 3 is 2.88 bits per heavy atom. The molecule has 3 aromatic rings. The van der Waals surface area contributed by atoms with Crippen LogP contribution in [0.15, 0.2) is 48.5 Å². The van der Waals surface area contributed by atoms with E-state index in [2.05, 4.69) is 58.4 Å². The standard InChI is InChI=1S/C27H36N4O2S/c1-3-30(19-21-10-6-5-7-11-21)16-9-15-28-26(32)22-12-8-17-31(20-22)27-29-24-14-13-23(33-4-2)18-25(24)34-27/h5-7,10-11,13-14,18,22H,3-4,8-9,12,15-17,19-20H2,1-2H3,(H,28,32)/t22-/m0/s1. The number of piperidine rings is 1. The van der Waals surface area contributed by atoms with Crippen molar-refractivity contribution in [3.63, 3.8) is 0 Å². The molecule has 2 heterocycles. The van der Waals surface area contributed by atoms with E-state index in [9.17, 15) is 4.79 Å². The van der Waals surface area contributed by atoms with Gasteiger partial charge in [0.05, 0.1) is 22.7 Å². The summed E-state index contributed by atoms with van der Waals surface area (Å²) in [6, 6.07) is 16.6. The van der Waals surface area contributed by atoms with E-state index >= 15 is 0 Å². The maximum atomic E-state index is 12.9. The third-order valence-corrected chi connectivity index (χ3v) is 7.45. The van der Waals surface area contributed by atoms with Crippen molar-refractivity contribution in [2.45, 2.75) is 39.7 Å². The van der Waals surface area contributed by atoms with E-state index in [4.69, 9.17) is 9.72 Å². The molecule has 0 bridgehead atoms. The summed E-state index contributed by atoms with van der Waals surface area (Å²) in [5.74, 6) is 1.08. The topological polar surface area (TPSA) is 57.7 Å². The number of hydrogen-bond donors (Lipinski definition) is 1. The van der Waals surface area contributed by atoms with Crippen LogP contribution in [-0.4, -0.2) is 55.1 Å². The van der Waals surface area contributed by atoms with Crippen LogP contribution < -0.4 is 15.0 Å². The van der Waals surface area contributed by atoms with Gasteiger partial charge in [-0.25, -0.2) is 4.98 Å². The highest BCUT2D eigenvalue weighted by Gasteiger charge is 2.27. The minimum absolute atomic E-state index is 0.0198. The summed E-state index contributed by atoms with van der Waals surface area (Å²) in [6.07, 6.45) is 2.92. The molecule has 2 aromatic carbocycles. The van der Waals surface area contributed by atoms with Crippen LogP contribution in [0.3, 0.4) is 0 Å². The van der Waals surface area contributed by atoms with Crippen LogP contribution in [-0.2, 0) is 11.3 Å². The van der Waals surface area contributed by atoms with Crippen molar-refractivity contribution in [3.8, 4) is 5.75 Å². The van der Waals surface area contributed by atoms with Crippen LogP contribution in [0.2, 0.25) is 0 Å². The summed E-state index contributed by atoms with van der Waals surface area (Å²) in [5.41, 5.74) is 2.32. The molecule has 6 nitrogen and oxygen atoms in total. The van der Waals surface area contributed by atoms with Gasteiger partial charge in [0, 0.05) is 32.7 Å². The van der Waals surface area contributed by atoms with Crippen LogP contribution in [0.1, 0.15) is 38.7 Å². The smallest absolute Gasteiger partial charge is 0.224 e. The van der Waals surface area contributed by atoms with Crippen molar-refractivity contribution in [1.82, 2.24) is 15.2 Å². The Hall–Kier alpha value is -2.64. The number of carbonyl (C=O) groups excluding carboxylic acids is 1. The lowest BCUT2D eigenvalue weighted by Gasteiger charge is -2.31. The minimum Gasteiger partial charge on any atom is -0.494 e. The molecule has 1 atom stereocenters. The Labute approximate surface area is 206 Å². The molecule has 1 aliphatic heterocycles. The van der Waals surface area contributed by atoms with E-state index in [0.29, 0.717) is 6.61 Å². The first-order valence-corrected chi connectivity index (χ1v) is 13.3. The maximum absolute atomic E-state index is 12.9. The van der Waals surface area contributed by atoms with E-state index < -0.39 is 0 Å². The molecule has 0 spiro atoms. The maximum Gasteiger partial charge on any atom is 0.224 e. The van der Waals surface area contributed by atoms with Gasteiger partial charge in [-0.2, -0.15) is 0 Å². The van der Waals surface area contributed by atoms with E-state index in [-0.39, 0.29) is 11.8 Å². The average Bonchev–Trinajstić information content (AvgIpc) is 3.30. The molecule has 1 saturated heterocycles. The molecule has 0 aliphatic carbocycles. The zero-order chi connectivity index (χ0) is 23.8. The first kappa shape index (κ1) is 24.5. The van der Waals surface area contributed by atoms with Crippen LogP contribution >= 0.6 is 11.3 Å². The van der Waals surface area contributed by atoms with E-state index in [1.807, 2.05) is 19.1 Å². The van der Waals surface area contributed by atoms with Crippen molar-refractivity contribution in [2.24, 2.45) is 5.92 Å². The fourth-order valence-corrected chi connectivity index (χ4v) is 5.53. The summed E-state index contributed by atoms with van der Waals surface area (Å²) < 4.78 is 6.75. The van der Waals surface area contributed by atoms with Crippen LogP contribution in [0.25, 0.3) is 10.2 Å². The third kappa shape index (κ3) is 6.48. The first-order chi connectivity index (χ1) is 16.7. The number of thiazole rings is 1. The highest BCUT2D eigenvalue weighted by atomic mass is 32.1. The predicted molar refractivity (Wildman–Crippen MR) is 141 cm³/mol.